The maximum absolute atomic E-state index is 5.68. The third-order valence-corrected chi connectivity index (χ3v) is 2.80. The van der Waals surface area contributed by atoms with Crippen LogP contribution in [-0.4, -0.2) is 53.4 Å². The molecule has 0 atom stereocenters. The van der Waals surface area contributed by atoms with E-state index in [2.05, 4.69) is 0 Å². The highest BCUT2D eigenvalue weighted by Gasteiger charge is 2.03. The molecule has 0 amide bonds. The van der Waals surface area contributed by atoms with E-state index in [9.17, 15) is 0 Å². The first kappa shape index (κ1) is 25.2. The van der Waals surface area contributed by atoms with Crippen LogP contribution in [-0.2, 0) is 23.7 Å². The van der Waals surface area contributed by atoms with Crippen LogP contribution in [0.3, 0.4) is 0 Å². The van der Waals surface area contributed by atoms with Crippen molar-refractivity contribution < 1.29 is 23.7 Å². The van der Waals surface area contributed by atoms with Gasteiger partial charge in [0.25, 0.3) is 0 Å². The maximum Gasteiger partial charge on any atom is 0.156 e. The molecule has 0 aromatic heterocycles. The fraction of sp³-hybridized carbons (Fsp3) is 0.789. The van der Waals surface area contributed by atoms with Crippen LogP contribution >= 0.6 is 0 Å². The van der Waals surface area contributed by atoms with Crippen molar-refractivity contribution in [1.82, 2.24) is 0 Å². The van der Waals surface area contributed by atoms with Crippen molar-refractivity contribution in [1.29, 1.82) is 0 Å². The third-order valence-electron chi connectivity index (χ3n) is 2.80. The van der Waals surface area contributed by atoms with Crippen LogP contribution in [0, 0.1) is 0 Å². The summed E-state index contributed by atoms with van der Waals surface area (Å²) in [6.07, 6.45) is 5.56. The first-order valence-corrected chi connectivity index (χ1v) is 9.05. The predicted molar refractivity (Wildman–Crippen MR) is 99.2 cm³/mol. The molecule has 0 rings (SSSR count). The lowest BCUT2D eigenvalue weighted by Gasteiger charge is -2.12. The number of methoxy groups -OCH3 is 1. The molecule has 0 heterocycles. The molecule has 0 fully saturated rings. The Labute approximate surface area is 149 Å². The predicted octanol–water partition coefficient (Wildman–Crippen LogP) is 4.33. The summed E-state index contributed by atoms with van der Waals surface area (Å²) in [5, 5.41) is 0. The molecular weight excluding hydrogens is 308 g/mol. The van der Waals surface area contributed by atoms with Gasteiger partial charge in [0.2, 0.25) is 0 Å². The largest absolute Gasteiger partial charge is 0.497 e. The fourth-order valence-corrected chi connectivity index (χ4v) is 1.73. The average molecular weight is 347 g/mol. The summed E-state index contributed by atoms with van der Waals surface area (Å²) < 4.78 is 27.1. The zero-order valence-electron chi connectivity index (χ0n) is 16.6. The van der Waals surface area contributed by atoms with Gasteiger partial charge >= 0.3 is 0 Å². The summed E-state index contributed by atoms with van der Waals surface area (Å²) in [5.41, 5.74) is 0. The number of hydrogen-bond donors (Lipinski definition) is 0. The van der Waals surface area contributed by atoms with Gasteiger partial charge in [0.05, 0.1) is 26.9 Å². The third kappa shape index (κ3) is 15.8. The lowest BCUT2D eigenvalue weighted by molar-refractivity contribution is 0.0203. The van der Waals surface area contributed by atoms with Crippen LogP contribution in [0.15, 0.2) is 23.7 Å². The Morgan fingerprint density at radius 1 is 0.833 bits per heavy atom. The van der Waals surface area contributed by atoms with Gasteiger partial charge in [0.1, 0.15) is 12.4 Å². The molecule has 144 valence electrons. The van der Waals surface area contributed by atoms with Crippen molar-refractivity contribution in [3.8, 4) is 0 Å². The van der Waals surface area contributed by atoms with Gasteiger partial charge < -0.3 is 23.7 Å². The molecule has 0 N–H and O–H groups in total. The standard InChI is InChI=1S/C17H32O5.C2H6/c1-5-9-17(16(6-2)18-4)22-15-14-21-13-12-20-11-8-10-19-7-3;1-2/h5,9H,6-8,10-15H2,1-4H3;1-2H3/b9-5-,17-16-;. The minimum absolute atomic E-state index is 0.497. The fourth-order valence-electron chi connectivity index (χ4n) is 1.73. The Morgan fingerprint density at radius 3 is 1.96 bits per heavy atom. The summed E-state index contributed by atoms with van der Waals surface area (Å²) in [6, 6.07) is 0. The number of allylic oxidation sites excluding steroid dienone is 3. The van der Waals surface area contributed by atoms with Crippen molar-refractivity contribution in [3.05, 3.63) is 23.7 Å². The quantitative estimate of drug-likeness (QED) is 0.251. The van der Waals surface area contributed by atoms with Gasteiger partial charge in [-0.1, -0.05) is 26.8 Å². The highest BCUT2D eigenvalue weighted by atomic mass is 16.6. The summed E-state index contributed by atoms with van der Waals surface area (Å²) >= 11 is 0. The van der Waals surface area contributed by atoms with Crippen molar-refractivity contribution in [2.24, 2.45) is 0 Å². The van der Waals surface area contributed by atoms with E-state index in [-0.39, 0.29) is 0 Å². The molecule has 0 bridgehead atoms. The summed E-state index contributed by atoms with van der Waals surface area (Å²) in [7, 11) is 1.66. The molecule has 5 heteroatoms. The smallest absolute Gasteiger partial charge is 0.156 e. The average Bonchev–Trinajstić information content (AvgIpc) is 2.62. The number of rotatable bonds is 15. The molecule has 0 spiro atoms. The molecule has 0 saturated heterocycles. The van der Waals surface area contributed by atoms with E-state index in [1.54, 1.807) is 7.11 Å². The van der Waals surface area contributed by atoms with Crippen LogP contribution in [0.2, 0.25) is 0 Å². The minimum atomic E-state index is 0.497. The first-order valence-electron chi connectivity index (χ1n) is 9.05. The zero-order valence-corrected chi connectivity index (χ0v) is 16.6. The second kappa shape index (κ2) is 22.0. The molecular formula is C19H38O5. The van der Waals surface area contributed by atoms with E-state index in [0.29, 0.717) is 33.0 Å². The van der Waals surface area contributed by atoms with Gasteiger partial charge in [-0.25, -0.2) is 0 Å². The van der Waals surface area contributed by atoms with Crippen molar-refractivity contribution in [3.63, 3.8) is 0 Å². The first-order chi connectivity index (χ1) is 11.8. The van der Waals surface area contributed by atoms with Crippen LogP contribution in [0.1, 0.15) is 47.5 Å². The topological polar surface area (TPSA) is 46.2 Å². The second-order valence-electron chi connectivity index (χ2n) is 4.47. The molecule has 0 aromatic carbocycles. The van der Waals surface area contributed by atoms with E-state index in [0.717, 1.165) is 37.6 Å². The van der Waals surface area contributed by atoms with E-state index < -0.39 is 0 Å². The Kier molecular flexibility index (Phi) is 23.1. The maximum atomic E-state index is 5.68. The van der Waals surface area contributed by atoms with E-state index in [4.69, 9.17) is 23.7 Å². The molecule has 0 radical (unpaired) electrons. The van der Waals surface area contributed by atoms with Gasteiger partial charge in [-0.2, -0.15) is 0 Å². The zero-order chi connectivity index (χ0) is 18.5. The Hall–Kier alpha value is -1.04. The molecule has 0 saturated carbocycles. The summed E-state index contributed by atoms with van der Waals surface area (Å²) in [5.74, 6) is 1.61. The van der Waals surface area contributed by atoms with Gasteiger partial charge in [-0.05, 0) is 26.3 Å². The van der Waals surface area contributed by atoms with Gasteiger partial charge in [-0.15, -0.1) is 0 Å². The molecule has 0 aliphatic heterocycles. The normalized spacial score (nSPS) is 11.8. The highest BCUT2D eigenvalue weighted by Crippen LogP contribution is 2.12. The molecule has 5 nitrogen and oxygen atoms in total. The SMILES string of the molecule is C/C=C\C(OCCOCCOCCCOCC)=C(/CC)OC.CC. The van der Waals surface area contributed by atoms with Crippen LogP contribution < -0.4 is 0 Å². The minimum Gasteiger partial charge on any atom is -0.497 e. The Morgan fingerprint density at radius 2 is 1.42 bits per heavy atom. The highest BCUT2D eigenvalue weighted by molar-refractivity contribution is 5.15. The summed E-state index contributed by atoms with van der Waals surface area (Å²) in [4.78, 5) is 0. The van der Waals surface area contributed by atoms with Gasteiger partial charge in [0.15, 0.2) is 5.76 Å². The second-order valence-corrected chi connectivity index (χ2v) is 4.47. The van der Waals surface area contributed by atoms with Crippen molar-refractivity contribution >= 4 is 0 Å². The lowest BCUT2D eigenvalue weighted by Crippen LogP contribution is -2.11. The van der Waals surface area contributed by atoms with Crippen LogP contribution in [0.4, 0.5) is 0 Å². The van der Waals surface area contributed by atoms with E-state index >= 15 is 0 Å². The summed E-state index contributed by atoms with van der Waals surface area (Å²) in [6.45, 7) is 14.4. The van der Waals surface area contributed by atoms with Crippen LogP contribution in [0.5, 0.6) is 0 Å². The lowest BCUT2D eigenvalue weighted by atomic mass is 10.3. The van der Waals surface area contributed by atoms with Crippen molar-refractivity contribution in [2.45, 2.75) is 47.5 Å². The number of ether oxygens (including phenoxy) is 5. The molecule has 24 heavy (non-hydrogen) atoms. The Balaban J connectivity index is 0. The Bertz CT molecular complexity index is 294. The molecule has 0 unspecified atom stereocenters. The van der Waals surface area contributed by atoms with Crippen LogP contribution in [0.25, 0.3) is 0 Å². The van der Waals surface area contributed by atoms with E-state index in [1.807, 2.05) is 46.8 Å². The van der Waals surface area contributed by atoms with Gasteiger partial charge in [0, 0.05) is 26.2 Å². The molecule has 0 aliphatic rings. The van der Waals surface area contributed by atoms with E-state index in [1.165, 1.54) is 0 Å². The van der Waals surface area contributed by atoms with Crippen molar-refractivity contribution in [2.75, 3.05) is 53.4 Å². The molecule has 0 aliphatic carbocycles. The monoisotopic (exact) mass is 346 g/mol. The number of hydrogen-bond acceptors (Lipinski definition) is 5. The molecule has 0 aromatic rings. The van der Waals surface area contributed by atoms with Gasteiger partial charge in [-0.3, -0.25) is 0 Å².